The molecular weight excluding hydrogens is 364 g/mol. The first kappa shape index (κ1) is 19.4. The first-order valence-electron chi connectivity index (χ1n) is 9.12. The maximum atomic E-state index is 12.6. The number of aromatic nitrogens is 4. The standard InChI is InChI=1S/C19H22N4O5/c1-4-14(24)28-11-27-13-9-7-12(8-10-13)16-20-15-17(21-16)22(5-2)19(26)23(6-3)18(15)25/h7-10H,4-6,11H2,1-3H3,(H,20,21). The molecular formula is C19H22N4O5. The van der Waals surface area contributed by atoms with Crippen LogP contribution in [0.3, 0.4) is 0 Å². The molecule has 9 heteroatoms. The summed E-state index contributed by atoms with van der Waals surface area (Å²) in [5.41, 5.74) is 0.607. The zero-order valence-electron chi connectivity index (χ0n) is 16.0. The molecule has 1 N–H and O–H groups in total. The molecule has 148 valence electrons. The van der Waals surface area contributed by atoms with Crippen LogP contribution >= 0.6 is 0 Å². The molecule has 0 aliphatic heterocycles. The van der Waals surface area contributed by atoms with Crippen molar-refractivity contribution >= 4 is 17.1 Å². The van der Waals surface area contributed by atoms with Gasteiger partial charge in [0.05, 0.1) is 0 Å². The summed E-state index contributed by atoms with van der Waals surface area (Å²) in [4.78, 5) is 43.6. The predicted octanol–water partition coefficient (Wildman–Crippen LogP) is 1.88. The van der Waals surface area contributed by atoms with Gasteiger partial charge in [-0.15, -0.1) is 0 Å². The molecule has 0 aliphatic carbocycles. The van der Waals surface area contributed by atoms with Gasteiger partial charge in [0, 0.05) is 25.1 Å². The van der Waals surface area contributed by atoms with Crippen LogP contribution < -0.4 is 16.0 Å². The van der Waals surface area contributed by atoms with Crippen LogP contribution in [0.5, 0.6) is 5.75 Å². The van der Waals surface area contributed by atoms with Crippen LogP contribution in [0.25, 0.3) is 22.6 Å². The van der Waals surface area contributed by atoms with E-state index in [9.17, 15) is 14.4 Å². The lowest BCUT2D eigenvalue weighted by Crippen LogP contribution is -2.39. The fourth-order valence-corrected chi connectivity index (χ4v) is 2.84. The molecule has 0 atom stereocenters. The maximum Gasteiger partial charge on any atom is 0.332 e. The summed E-state index contributed by atoms with van der Waals surface area (Å²) in [5.74, 6) is 0.674. The summed E-state index contributed by atoms with van der Waals surface area (Å²) in [6.07, 6.45) is 0.289. The largest absolute Gasteiger partial charge is 0.457 e. The number of nitrogens with zero attached hydrogens (tertiary/aromatic N) is 3. The van der Waals surface area contributed by atoms with Gasteiger partial charge in [-0.2, -0.15) is 0 Å². The predicted molar refractivity (Wildman–Crippen MR) is 103 cm³/mol. The lowest BCUT2D eigenvalue weighted by atomic mass is 10.2. The van der Waals surface area contributed by atoms with Crippen molar-refractivity contribution in [2.45, 2.75) is 40.3 Å². The number of ether oxygens (including phenoxy) is 2. The van der Waals surface area contributed by atoms with Crippen molar-refractivity contribution in [1.82, 2.24) is 19.1 Å². The highest BCUT2D eigenvalue weighted by Crippen LogP contribution is 2.21. The molecule has 28 heavy (non-hydrogen) atoms. The SMILES string of the molecule is CCC(=O)OCOc1ccc(-c2nc3c([nH]2)c(=O)n(CC)c(=O)n3CC)cc1. The lowest BCUT2D eigenvalue weighted by Gasteiger charge is -2.07. The number of hydrogen-bond donors (Lipinski definition) is 1. The van der Waals surface area contributed by atoms with Crippen LogP contribution in [0.4, 0.5) is 0 Å². The second kappa shape index (κ2) is 8.12. The van der Waals surface area contributed by atoms with Gasteiger partial charge in [-0.1, -0.05) is 6.92 Å². The van der Waals surface area contributed by atoms with Crippen molar-refractivity contribution in [2.24, 2.45) is 0 Å². The topological polar surface area (TPSA) is 108 Å². The van der Waals surface area contributed by atoms with Crippen LogP contribution in [0.2, 0.25) is 0 Å². The molecule has 0 amide bonds. The van der Waals surface area contributed by atoms with Gasteiger partial charge in [0.2, 0.25) is 6.79 Å². The number of carbonyl (C=O) groups excluding carboxylic acids is 1. The van der Waals surface area contributed by atoms with Crippen molar-refractivity contribution < 1.29 is 14.3 Å². The molecule has 3 aromatic rings. The van der Waals surface area contributed by atoms with E-state index in [1.165, 1.54) is 9.13 Å². The minimum Gasteiger partial charge on any atom is -0.457 e. The normalized spacial score (nSPS) is 11.0. The van der Waals surface area contributed by atoms with Gasteiger partial charge in [-0.25, -0.2) is 9.78 Å². The third kappa shape index (κ3) is 3.55. The Morgan fingerprint density at radius 3 is 2.36 bits per heavy atom. The van der Waals surface area contributed by atoms with E-state index in [1.54, 1.807) is 38.1 Å². The van der Waals surface area contributed by atoms with E-state index in [0.717, 1.165) is 5.56 Å². The Kier molecular flexibility index (Phi) is 5.62. The molecule has 2 aromatic heterocycles. The highest BCUT2D eigenvalue weighted by atomic mass is 16.7. The quantitative estimate of drug-likeness (QED) is 0.491. The van der Waals surface area contributed by atoms with E-state index < -0.39 is 0 Å². The molecule has 0 unspecified atom stereocenters. The molecule has 3 rings (SSSR count). The molecule has 0 aliphatic rings. The van der Waals surface area contributed by atoms with Crippen LogP contribution in [0, 0.1) is 0 Å². The first-order valence-corrected chi connectivity index (χ1v) is 9.12. The smallest absolute Gasteiger partial charge is 0.332 e. The highest BCUT2D eigenvalue weighted by Gasteiger charge is 2.16. The van der Waals surface area contributed by atoms with Crippen molar-refractivity contribution in [2.75, 3.05) is 6.79 Å². The zero-order valence-corrected chi connectivity index (χ0v) is 16.0. The van der Waals surface area contributed by atoms with E-state index in [4.69, 9.17) is 9.47 Å². The zero-order chi connectivity index (χ0) is 20.3. The molecule has 0 radical (unpaired) electrons. The van der Waals surface area contributed by atoms with Gasteiger partial charge < -0.3 is 14.5 Å². The number of H-pyrrole nitrogens is 1. The number of aryl methyl sites for hydroxylation is 1. The van der Waals surface area contributed by atoms with Crippen LogP contribution in [-0.2, 0) is 22.6 Å². The minimum absolute atomic E-state index is 0.157. The van der Waals surface area contributed by atoms with Crippen LogP contribution in [0.1, 0.15) is 27.2 Å². The fourth-order valence-electron chi connectivity index (χ4n) is 2.84. The number of esters is 1. The van der Waals surface area contributed by atoms with Gasteiger partial charge in [-0.05, 0) is 38.1 Å². The summed E-state index contributed by atoms with van der Waals surface area (Å²) >= 11 is 0. The number of rotatable bonds is 7. The molecule has 0 fully saturated rings. The van der Waals surface area contributed by atoms with Gasteiger partial charge in [0.1, 0.15) is 17.1 Å². The van der Waals surface area contributed by atoms with Crippen molar-refractivity contribution in [3.05, 3.63) is 45.1 Å². The summed E-state index contributed by atoms with van der Waals surface area (Å²) in [5, 5.41) is 0. The molecule has 2 heterocycles. The number of fused-ring (bicyclic) bond motifs is 1. The number of nitrogens with one attached hydrogen (secondary N) is 1. The Morgan fingerprint density at radius 1 is 1.07 bits per heavy atom. The van der Waals surface area contributed by atoms with E-state index >= 15 is 0 Å². The van der Waals surface area contributed by atoms with E-state index in [0.29, 0.717) is 29.3 Å². The second-order valence-corrected chi connectivity index (χ2v) is 6.02. The van der Waals surface area contributed by atoms with Gasteiger partial charge in [-0.3, -0.25) is 18.7 Å². The monoisotopic (exact) mass is 386 g/mol. The molecule has 1 aromatic carbocycles. The molecule has 0 bridgehead atoms. The Hall–Kier alpha value is -3.36. The number of aromatic amines is 1. The summed E-state index contributed by atoms with van der Waals surface area (Å²) in [6.45, 7) is 5.83. The number of carbonyl (C=O) groups is 1. The van der Waals surface area contributed by atoms with E-state index in [-0.39, 0.29) is 37.0 Å². The van der Waals surface area contributed by atoms with Gasteiger partial charge in [0.25, 0.3) is 5.56 Å². The average Bonchev–Trinajstić information content (AvgIpc) is 3.14. The third-order valence-corrected chi connectivity index (χ3v) is 4.36. The Balaban J connectivity index is 1.92. The Bertz CT molecular complexity index is 1110. The molecule has 0 saturated carbocycles. The van der Waals surface area contributed by atoms with Crippen molar-refractivity contribution in [3.8, 4) is 17.1 Å². The van der Waals surface area contributed by atoms with E-state index in [2.05, 4.69) is 9.97 Å². The lowest BCUT2D eigenvalue weighted by molar-refractivity contribution is -0.149. The van der Waals surface area contributed by atoms with Crippen LogP contribution in [-0.4, -0.2) is 31.9 Å². The first-order chi connectivity index (χ1) is 13.5. The fraction of sp³-hybridized carbons (Fsp3) is 0.368. The Labute approximate surface area is 160 Å². The average molecular weight is 386 g/mol. The summed E-state index contributed by atoms with van der Waals surface area (Å²) < 4.78 is 12.9. The molecule has 0 saturated heterocycles. The minimum atomic E-state index is -0.386. The van der Waals surface area contributed by atoms with Gasteiger partial charge >= 0.3 is 11.7 Å². The number of benzene rings is 1. The number of hydrogen-bond acceptors (Lipinski definition) is 6. The second-order valence-electron chi connectivity index (χ2n) is 6.02. The van der Waals surface area contributed by atoms with Crippen LogP contribution in [0.15, 0.2) is 33.9 Å². The van der Waals surface area contributed by atoms with Crippen molar-refractivity contribution in [3.63, 3.8) is 0 Å². The molecule has 9 nitrogen and oxygen atoms in total. The molecule has 0 spiro atoms. The van der Waals surface area contributed by atoms with E-state index in [1.807, 2.05) is 6.92 Å². The number of imidazole rings is 1. The third-order valence-electron chi connectivity index (χ3n) is 4.36. The summed E-state index contributed by atoms with van der Waals surface area (Å²) in [6, 6.07) is 6.95. The Morgan fingerprint density at radius 2 is 1.75 bits per heavy atom. The van der Waals surface area contributed by atoms with Crippen molar-refractivity contribution in [1.29, 1.82) is 0 Å². The highest BCUT2D eigenvalue weighted by molar-refractivity contribution is 5.75. The maximum absolute atomic E-state index is 12.6. The van der Waals surface area contributed by atoms with Gasteiger partial charge in [0.15, 0.2) is 5.65 Å². The summed E-state index contributed by atoms with van der Waals surface area (Å²) in [7, 11) is 0.